The average Bonchev–Trinajstić information content (AvgIpc) is 3.06. The summed E-state index contributed by atoms with van der Waals surface area (Å²) in [6, 6.07) is 24.0. The summed E-state index contributed by atoms with van der Waals surface area (Å²) in [6.45, 7) is 3.55. The van der Waals surface area contributed by atoms with Gasteiger partial charge in [-0.2, -0.15) is 0 Å². The normalized spacial score (nSPS) is 11.9. The smallest absolute Gasteiger partial charge is 0.264 e. The number of sulfonamides is 1. The Kier molecular flexibility index (Phi) is 13.2. The van der Waals surface area contributed by atoms with Gasteiger partial charge in [0.25, 0.3) is 10.0 Å². The Bertz CT molecular complexity index is 1820. The van der Waals surface area contributed by atoms with Gasteiger partial charge in [-0.25, -0.2) is 8.42 Å². The van der Waals surface area contributed by atoms with E-state index < -0.39 is 28.5 Å². The number of anilines is 1. The van der Waals surface area contributed by atoms with Crippen LogP contribution < -0.4 is 14.4 Å². The minimum absolute atomic E-state index is 0.0155. The standard InChI is InChI=1S/C36H38Cl3N3O5S/c1-4-5-19-40-36(44)33(20-26-9-7-6-8-10-26)41(23-27-13-14-28(37)21-31(27)38)35(43)24-42(29-15-18-34(47-3)32(39)22-29)48(45,46)30-16-11-25(2)12-17-30/h6-18,21-22,33H,4-5,19-20,23-24H2,1-3H3,(H,40,44). The molecule has 0 aliphatic rings. The van der Waals surface area contributed by atoms with Crippen LogP contribution in [0.4, 0.5) is 5.69 Å². The number of amides is 2. The Hall–Kier alpha value is -3.76. The predicted molar refractivity (Wildman–Crippen MR) is 193 cm³/mol. The number of unbranched alkanes of at least 4 members (excludes halogenated alkanes) is 1. The van der Waals surface area contributed by atoms with Gasteiger partial charge in [-0.1, -0.05) is 102 Å². The van der Waals surface area contributed by atoms with Crippen molar-refractivity contribution < 1.29 is 22.7 Å². The molecule has 4 aromatic rings. The second-order valence-electron chi connectivity index (χ2n) is 11.3. The molecule has 0 bridgehead atoms. The molecule has 4 rings (SSSR count). The fraction of sp³-hybridized carbons (Fsp3) is 0.278. The molecule has 8 nitrogen and oxygen atoms in total. The fourth-order valence-electron chi connectivity index (χ4n) is 5.07. The molecule has 1 atom stereocenters. The summed E-state index contributed by atoms with van der Waals surface area (Å²) < 4.78 is 34.8. The molecule has 0 saturated carbocycles. The number of aryl methyl sites for hydroxylation is 1. The van der Waals surface area contributed by atoms with Crippen LogP contribution >= 0.6 is 34.8 Å². The van der Waals surface area contributed by atoms with Gasteiger partial charge in [-0.05, 0) is 66.9 Å². The highest BCUT2D eigenvalue weighted by Gasteiger charge is 2.35. The zero-order valence-corrected chi connectivity index (χ0v) is 30.0. The molecule has 0 saturated heterocycles. The van der Waals surface area contributed by atoms with Gasteiger partial charge in [0.1, 0.15) is 18.3 Å². The fourth-order valence-corrected chi connectivity index (χ4v) is 7.20. The lowest BCUT2D eigenvalue weighted by molar-refractivity contribution is -0.140. The maximum Gasteiger partial charge on any atom is 0.264 e. The molecule has 0 aliphatic carbocycles. The van der Waals surface area contributed by atoms with Crippen molar-refractivity contribution in [1.82, 2.24) is 10.2 Å². The first-order chi connectivity index (χ1) is 22.9. The van der Waals surface area contributed by atoms with Gasteiger partial charge in [0, 0.05) is 29.6 Å². The molecule has 0 radical (unpaired) electrons. The predicted octanol–water partition coefficient (Wildman–Crippen LogP) is 7.72. The molecule has 1 unspecified atom stereocenters. The van der Waals surface area contributed by atoms with Crippen molar-refractivity contribution in [3.63, 3.8) is 0 Å². The van der Waals surface area contributed by atoms with Crippen LogP contribution in [0.5, 0.6) is 5.75 Å². The Morgan fingerprint density at radius 1 is 0.896 bits per heavy atom. The molecule has 254 valence electrons. The quantitative estimate of drug-likeness (QED) is 0.127. The first-order valence-electron chi connectivity index (χ1n) is 15.4. The lowest BCUT2D eigenvalue weighted by atomic mass is 10.0. The molecule has 48 heavy (non-hydrogen) atoms. The van der Waals surface area contributed by atoms with Gasteiger partial charge in [0.05, 0.1) is 22.7 Å². The SMILES string of the molecule is CCCCNC(=O)C(Cc1ccccc1)N(Cc1ccc(Cl)cc1Cl)C(=O)CN(c1ccc(OC)c(Cl)c1)S(=O)(=O)c1ccc(C)cc1. The molecule has 2 amide bonds. The molecular weight excluding hydrogens is 693 g/mol. The number of carbonyl (C=O) groups is 2. The van der Waals surface area contributed by atoms with Crippen LogP contribution in [0.1, 0.15) is 36.5 Å². The van der Waals surface area contributed by atoms with Gasteiger partial charge < -0.3 is 15.0 Å². The number of benzene rings is 4. The van der Waals surface area contributed by atoms with Gasteiger partial charge in [0.2, 0.25) is 11.8 Å². The van der Waals surface area contributed by atoms with Crippen LogP contribution in [0.25, 0.3) is 0 Å². The highest BCUT2D eigenvalue weighted by molar-refractivity contribution is 7.92. The van der Waals surface area contributed by atoms with Crippen molar-refractivity contribution in [1.29, 1.82) is 0 Å². The van der Waals surface area contributed by atoms with E-state index in [1.54, 1.807) is 30.3 Å². The summed E-state index contributed by atoms with van der Waals surface area (Å²) in [7, 11) is -2.85. The first kappa shape index (κ1) is 37.1. The van der Waals surface area contributed by atoms with E-state index in [1.165, 1.54) is 42.3 Å². The van der Waals surface area contributed by atoms with E-state index in [4.69, 9.17) is 39.5 Å². The van der Waals surface area contributed by atoms with Gasteiger partial charge >= 0.3 is 0 Å². The van der Waals surface area contributed by atoms with E-state index in [-0.39, 0.29) is 34.5 Å². The van der Waals surface area contributed by atoms with Gasteiger partial charge in [-0.15, -0.1) is 0 Å². The second kappa shape index (κ2) is 17.1. The first-order valence-corrected chi connectivity index (χ1v) is 18.0. The van der Waals surface area contributed by atoms with E-state index in [1.807, 2.05) is 44.2 Å². The van der Waals surface area contributed by atoms with Crippen molar-refractivity contribution in [2.45, 2.75) is 50.6 Å². The summed E-state index contributed by atoms with van der Waals surface area (Å²) in [6.07, 6.45) is 1.79. The molecule has 12 heteroatoms. The van der Waals surface area contributed by atoms with Crippen LogP contribution in [-0.2, 0) is 32.6 Å². The number of halogens is 3. The Morgan fingerprint density at radius 2 is 1.60 bits per heavy atom. The van der Waals surface area contributed by atoms with Crippen LogP contribution in [0, 0.1) is 6.92 Å². The molecule has 0 aliphatic heterocycles. The monoisotopic (exact) mass is 729 g/mol. The largest absolute Gasteiger partial charge is 0.495 e. The van der Waals surface area contributed by atoms with E-state index in [0.717, 1.165) is 28.3 Å². The molecule has 0 aromatic heterocycles. The second-order valence-corrected chi connectivity index (χ2v) is 14.4. The van der Waals surface area contributed by atoms with Crippen LogP contribution in [0.15, 0.2) is 95.9 Å². The summed E-state index contributed by atoms with van der Waals surface area (Å²) in [5.41, 5.74) is 2.37. The maximum absolute atomic E-state index is 14.6. The number of nitrogens with zero attached hydrogens (tertiary/aromatic N) is 2. The van der Waals surface area contributed by atoms with Crippen molar-refractivity contribution in [2.24, 2.45) is 0 Å². The zero-order chi connectivity index (χ0) is 34.8. The number of hydrogen-bond acceptors (Lipinski definition) is 5. The number of rotatable bonds is 15. The number of carbonyl (C=O) groups excluding carboxylic acids is 2. The Balaban J connectivity index is 1.83. The maximum atomic E-state index is 14.6. The minimum Gasteiger partial charge on any atom is -0.495 e. The Morgan fingerprint density at radius 3 is 2.23 bits per heavy atom. The molecule has 0 spiro atoms. The number of methoxy groups -OCH3 is 1. The van der Waals surface area contributed by atoms with E-state index in [2.05, 4.69) is 5.32 Å². The summed E-state index contributed by atoms with van der Waals surface area (Å²) >= 11 is 19.2. The average molecular weight is 731 g/mol. The molecule has 0 heterocycles. The third kappa shape index (κ3) is 9.44. The molecular formula is C36H38Cl3N3O5S. The van der Waals surface area contributed by atoms with Crippen LogP contribution in [-0.4, -0.2) is 51.4 Å². The summed E-state index contributed by atoms with van der Waals surface area (Å²) in [4.78, 5) is 29.9. The molecule has 1 N–H and O–H groups in total. The topological polar surface area (TPSA) is 96.0 Å². The molecule has 4 aromatic carbocycles. The van der Waals surface area contributed by atoms with Crippen LogP contribution in [0.3, 0.4) is 0 Å². The van der Waals surface area contributed by atoms with Crippen molar-refractivity contribution >= 4 is 62.3 Å². The highest BCUT2D eigenvalue weighted by Crippen LogP contribution is 2.33. The number of nitrogens with one attached hydrogen (secondary N) is 1. The number of hydrogen-bond donors (Lipinski definition) is 1. The van der Waals surface area contributed by atoms with Crippen molar-refractivity contribution in [2.75, 3.05) is 24.5 Å². The van der Waals surface area contributed by atoms with E-state index >= 15 is 0 Å². The third-order valence-corrected chi connectivity index (χ3v) is 10.4. The lowest BCUT2D eigenvalue weighted by Crippen LogP contribution is -2.53. The van der Waals surface area contributed by atoms with Gasteiger partial charge in [0.15, 0.2) is 0 Å². The summed E-state index contributed by atoms with van der Waals surface area (Å²) in [5.74, 6) is -0.661. The van der Waals surface area contributed by atoms with Crippen molar-refractivity contribution in [3.8, 4) is 5.75 Å². The van der Waals surface area contributed by atoms with E-state index in [9.17, 15) is 18.0 Å². The molecule has 0 fully saturated rings. The van der Waals surface area contributed by atoms with Gasteiger partial charge in [-0.3, -0.25) is 13.9 Å². The minimum atomic E-state index is -4.30. The highest BCUT2D eigenvalue weighted by atomic mass is 35.5. The van der Waals surface area contributed by atoms with Crippen LogP contribution in [0.2, 0.25) is 15.1 Å². The summed E-state index contributed by atoms with van der Waals surface area (Å²) in [5, 5.41) is 3.84. The van der Waals surface area contributed by atoms with E-state index in [0.29, 0.717) is 27.9 Å². The lowest BCUT2D eigenvalue weighted by Gasteiger charge is -2.34. The Labute approximate surface area is 297 Å². The third-order valence-electron chi connectivity index (χ3n) is 7.77. The number of ether oxygens (including phenoxy) is 1. The zero-order valence-electron chi connectivity index (χ0n) is 27.0. The van der Waals surface area contributed by atoms with Crippen molar-refractivity contribution in [3.05, 3.63) is 123 Å².